The quantitative estimate of drug-likeness (QED) is 0.466. The van der Waals surface area contributed by atoms with E-state index in [-0.39, 0.29) is 0 Å². The summed E-state index contributed by atoms with van der Waals surface area (Å²) in [5, 5.41) is 0. The van der Waals surface area contributed by atoms with Crippen LogP contribution in [0.15, 0.2) is 4.99 Å². The van der Waals surface area contributed by atoms with Crippen LogP contribution < -0.4 is 0 Å². The molecule has 7 heavy (non-hydrogen) atoms. The topological polar surface area (TPSA) is 12.4 Å². The smallest absolute Gasteiger partial charge is 0.0547 e. The van der Waals surface area contributed by atoms with Crippen LogP contribution in [-0.2, 0) is 0 Å². The number of hydrogen-bond donors (Lipinski definition) is 0. The minimum Gasteiger partial charge on any atom is -0.285 e. The van der Waals surface area contributed by atoms with Crippen molar-refractivity contribution in [3.05, 3.63) is 0 Å². The fraction of sp³-hybridized carbons (Fsp3) is 0.800. The molecule has 0 aliphatic carbocycles. The number of thioether (sulfide) groups is 1. The van der Waals surface area contributed by atoms with E-state index >= 15 is 0 Å². The largest absolute Gasteiger partial charge is 0.285 e. The van der Waals surface area contributed by atoms with Gasteiger partial charge in [-0.2, -0.15) is 0 Å². The van der Waals surface area contributed by atoms with Crippen LogP contribution in [-0.4, -0.2) is 16.8 Å². The van der Waals surface area contributed by atoms with Crippen LogP contribution in [0.4, 0.5) is 0 Å². The summed E-state index contributed by atoms with van der Waals surface area (Å²) in [5.74, 6) is 0. The molecule has 1 aliphatic heterocycles. The lowest BCUT2D eigenvalue weighted by Gasteiger charge is -2.11. The SMILES string of the molecule is CC1(C)CN=CS1. The predicted octanol–water partition coefficient (Wildman–Crippen LogP) is 1.54. The van der Waals surface area contributed by atoms with E-state index in [9.17, 15) is 0 Å². The molecule has 0 radical (unpaired) electrons. The van der Waals surface area contributed by atoms with Gasteiger partial charge in [-0.25, -0.2) is 0 Å². The van der Waals surface area contributed by atoms with E-state index in [2.05, 4.69) is 18.8 Å². The van der Waals surface area contributed by atoms with E-state index in [0.29, 0.717) is 4.75 Å². The Morgan fingerprint density at radius 2 is 2.43 bits per heavy atom. The summed E-state index contributed by atoms with van der Waals surface area (Å²) in [6.45, 7) is 5.38. The zero-order chi connectivity index (χ0) is 5.33. The lowest BCUT2D eigenvalue weighted by molar-refractivity contribution is 0.741. The molecule has 0 aromatic rings. The third-order valence-electron chi connectivity index (χ3n) is 0.918. The van der Waals surface area contributed by atoms with Crippen molar-refractivity contribution in [2.24, 2.45) is 4.99 Å². The van der Waals surface area contributed by atoms with Crippen LogP contribution in [0.2, 0.25) is 0 Å². The molecule has 1 rings (SSSR count). The maximum Gasteiger partial charge on any atom is 0.0547 e. The molecule has 0 atom stereocenters. The lowest BCUT2D eigenvalue weighted by Crippen LogP contribution is -2.13. The first kappa shape index (κ1) is 5.16. The third-order valence-corrected chi connectivity index (χ3v) is 1.94. The molecule has 0 fully saturated rings. The zero-order valence-corrected chi connectivity index (χ0v) is 5.46. The number of hydrogen-bond acceptors (Lipinski definition) is 2. The predicted molar refractivity (Wildman–Crippen MR) is 35.0 cm³/mol. The third kappa shape index (κ3) is 1.20. The number of rotatable bonds is 0. The van der Waals surface area contributed by atoms with Gasteiger partial charge < -0.3 is 0 Å². The van der Waals surface area contributed by atoms with Gasteiger partial charge in [0, 0.05) is 4.75 Å². The standard InChI is InChI=1S/C5H9NS/c1-5(2)3-6-4-7-5/h4H,3H2,1-2H3. The van der Waals surface area contributed by atoms with Gasteiger partial charge >= 0.3 is 0 Å². The highest BCUT2D eigenvalue weighted by Gasteiger charge is 2.19. The highest BCUT2D eigenvalue weighted by molar-refractivity contribution is 8.13. The van der Waals surface area contributed by atoms with E-state index in [4.69, 9.17) is 0 Å². The zero-order valence-electron chi connectivity index (χ0n) is 4.64. The van der Waals surface area contributed by atoms with Crippen LogP contribution in [0.25, 0.3) is 0 Å². The summed E-state index contributed by atoms with van der Waals surface area (Å²) >= 11 is 1.81. The maximum absolute atomic E-state index is 4.07. The van der Waals surface area contributed by atoms with Crippen molar-refractivity contribution < 1.29 is 0 Å². The van der Waals surface area contributed by atoms with Crippen LogP contribution in [0, 0.1) is 0 Å². The summed E-state index contributed by atoms with van der Waals surface area (Å²) in [6, 6.07) is 0. The van der Waals surface area contributed by atoms with Gasteiger partial charge in [-0.1, -0.05) is 0 Å². The van der Waals surface area contributed by atoms with Crippen molar-refractivity contribution in [2.45, 2.75) is 18.6 Å². The minimum absolute atomic E-state index is 0.389. The van der Waals surface area contributed by atoms with Crippen LogP contribution in [0.1, 0.15) is 13.8 Å². The molecular formula is C5H9NS. The van der Waals surface area contributed by atoms with E-state index in [1.807, 2.05) is 17.3 Å². The van der Waals surface area contributed by atoms with Crippen LogP contribution in [0.5, 0.6) is 0 Å². The molecule has 40 valence electrons. The molecule has 0 saturated heterocycles. The minimum atomic E-state index is 0.389. The lowest BCUT2D eigenvalue weighted by atomic mass is 10.2. The van der Waals surface area contributed by atoms with Crippen molar-refractivity contribution in [1.82, 2.24) is 0 Å². The van der Waals surface area contributed by atoms with Crippen molar-refractivity contribution in [3.8, 4) is 0 Å². The Hall–Kier alpha value is 0.0200. The van der Waals surface area contributed by atoms with Crippen molar-refractivity contribution in [2.75, 3.05) is 6.54 Å². The van der Waals surface area contributed by atoms with Crippen molar-refractivity contribution >= 4 is 17.3 Å². The molecule has 0 unspecified atom stereocenters. The van der Waals surface area contributed by atoms with Crippen molar-refractivity contribution in [3.63, 3.8) is 0 Å². The van der Waals surface area contributed by atoms with Gasteiger partial charge in [-0.3, -0.25) is 4.99 Å². The van der Waals surface area contributed by atoms with Gasteiger partial charge in [-0.15, -0.1) is 11.8 Å². The van der Waals surface area contributed by atoms with E-state index in [0.717, 1.165) is 6.54 Å². The van der Waals surface area contributed by atoms with Gasteiger partial charge in [0.25, 0.3) is 0 Å². The van der Waals surface area contributed by atoms with Gasteiger partial charge in [-0.05, 0) is 13.8 Å². The fourth-order valence-electron chi connectivity index (χ4n) is 0.474. The summed E-state index contributed by atoms with van der Waals surface area (Å²) in [4.78, 5) is 4.07. The summed E-state index contributed by atoms with van der Waals surface area (Å²) in [7, 11) is 0. The molecular weight excluding hydrogens is 106 g/mol. The van der Waals surface area contributed by atoms with Crippen molar-refractivity contribution in [1.29, 1.82) is 0 Å². The Morgan fingerprint density at radius 1 is 1.71 bits per heavy atom. The maximum atomic E-state index is 4.07. The molecule has 0 saturated carbocycles. The first-order chi connectivity index (χ1) is 3.21. The van der Waals surface area contributed by atoms with Gasteiger partial charge in [0.2, 0.25) is 0 Å². The number of aliphatic imine (C=N–C) groups is 1. The Morgan fingerprint density at radius 3 is 2.57 bits per heavy atom. The second-order valence-electron chi connectivity index (χ2n) is 2.32. The first-order valence-electron chi connectivity index (χ1n) is 2.37. The summed E-state index contributed by atoms with van der Waals surface area (Å²) < 4.78 is 0.389. The fourth-order valence-corrected chi connectivity index (χ4v) is 1.06. The Bertz CT molecular complexity index is 86.3. The highest BCUT2D eigenvalue weighted by Crippen LogP contribution is 2.26. The molecule has 0 amide bonds. The molecule has 0 N–H and O–H groups in total. The molecule has 0 aromatic heterocycles. The monoisotopic (exact) mass is 115 g/mol. The van der Waals surface area contributed by atoms with Gasteiger partial charge in [0.15, 0.2) is 0 Å². The molecule has 1 aliphatic rings. The Kier molecular flexibility index (Phi) is 1.11. The second kappa shape index (κ2) is 1.51. The van der Waals surface area contributed by atoms with Gasteiger partial charge in [0.05, 0.1) is 12.1 Å². The van der Waals surface area contributed by atoms with E-state index in [1.165, 1.54) is 0 Å². The summed E-state index contributed by atoms with van der Waals surface area (Å²) in [5.41, 5.74) is 1.93. The highest BCUT2D eigenvalue weighted by atomic mass is 32.2. The normalized spacial score (nSPS) is 26.0. The molecule has 1 nitrogen and oxygen atoms in total. The molecule has 1 heterocycles. The summed E-state index contributed by atoms with van der Waals surface area (Å²) in [6.07, 6.45) is 0. The first-order valence-corrected chi connectivity index (χ1v) is 3.25. The van der Waals surface area contributed by atoms with E-state index < -0.39 is 0 Å². The van der Waals surface area contributed by atoms with Crippen LogP contribution >= 0.6 is 11.8 Å². The molecule has 0 spiro atoms. The molecule has 0 bridgehead atoms. The average Bonchev–Trinajstić information content (AvgIpc) is 1.84. The second-order valence-corrected chi connectivity index (χ2v) is 3.88. The van der Waals surface area contributed by atoms with E-state index in [1.54, 1.807) is 0 Å². The van der Waals surface area contributed by atoms with Gasteiger partial charge in [0.1, 0.15) is 0 Å². The van der Waals surface area contributed by atoms with Crippen LogP contribution in [0.3, 0.4) is 0 Å². The number of nitrogens with zero attached hydrogens (tertiary/aromatic N) is 1. The molecule has 0 aromatic carbocycles. The average molecular weight is 115 g/mol. The Balaban J connectivity index is 2.49. The Labute approximate surface area is 48.2 Å². The molecule has 2 heteroatoms.